The normalized spacial score (nSPS) is 12.4. The quantitative estimate of drug-likeness (QED) is 0.882. The molecule has 1 unspecified atom stereocenters. The Morgan fingerprint density at radius 2 is 2.11 bits per heavy atom. The van der Waals surface area contributed by atoms with Crippen LogP contribution in [0.25, 0.3) is 0 Å². The van der Waals surface area contributed by atoms with Gasteiger partial charge in [-0.25, -0.2) is 0 Å². The molecule has 0 bridgehead atoms. The molecule has 2 rings (SSSR count). The van der Waals surface area contributed by atoms with Crippen LogP contribution in [0, 0.1) is 0 Å². The minimum atomic E-state index is 0.360. The van der Waals surface area contributed by atoms with Crippen LogP contribution >= 0.6 is 27.5 Å². The van der Waals surface area contributed by atoms with E-state index in [1.807, 2.05) is 24.4 Å². The third-order valence-corrected chi connectivity index (χ3v) is 3.70. The number of hydrogen-bond acceptors (Lipinski definition) is 2. The standard InChI is InChI=1S/C15H16BrClN2/c1-11(6-13-4-2-3-5-15(13)17)19-9-12-7-14(16)10-18-8-12/h2-5,7-8,10-11,19H,6,9H2,1H3. The van der Waals surface area contributed by atoms with Crippen molar-refractivity contribution in [2.45, 2.75) is 25.9 Å². The second-order valence-electron chi connectivity index (χ2n) is 4.59. The first-order valence-corrected chi connectivity index (χ1v) is 7.38. The fourth-order valence-corrected chi connectivity index (χ4v) is 2.54. The highest BCUT2D eigenvalue weighted by molar-refractivity contribution is 9.10. The molecule has 0 fully saturated rings. The Morgan fingerprint density at radius 1 is 1.32 bits per heavy atom. The molecule has 4 heteroatoms. The van der Waals surface area contributed by atoms with Crippen LogP contribution in [0.4, 0.5) is 0 Å². The first-order chi connectivity index (χ1) is 9.15. The molecular weight excluding hydrogens is 324 g/mol. The highest BCUT2D eigenvalue weighted by atomic mass is 79.9. The van der Waals surface area contributed by atoms with Gasteiger partial charge in [-0.1, -0.05) is 29.8 Å². The second-order valence-corrected chi connectivity index (χ2v) is 5.91. The van der Waals surface area contributed by atoms with Gasteiger partial charge in [0.05, 0.1) is 0 Å². The summed E-state index contributed by atoms with van der Waals surface area (Å²) in [4.78, 5) is 4.15. The molecule has 2 nitrogen and oxygen atoms in total. The molecule has 0 saturated carbocycles. The Kier molecular flexibility index (Phi) is 5.37. The summed E-state index contributed by atoms with van der Waals surface area (Å²) in [5, 5.41) is 4.32. The maximum Gasteiger partial charge on any atom is 0.0438 e. The van der Waals surface area contributed by atoms with Crippen molar-refractivity contribution < 1.29 is 0 Å². The van der Waals surface area contributed by atoms with Crippen molar-refractivity contribution in [1.82, 2.24) is 10.3 Å². The molecule has 0 aliphatic rings. The van der Waals surface area contributed by atoms with Crippen LogP contribution in [0.3, 0.4) is 0 Å². The summed E-state index contributed by atoms with van der Waals surface area (Å²) in [6.07, 6.45) is 4.58. The zero-order valence-electron chi connectivity index (χ0n) is 10.7. The number of benzene rings is 1. The van der Waals surface area contributed by atoms with Gasteiger partial charge in [0.15, 0.2) is 0 Å². The van der Waals surface area contributed by atoms with Gasteiger partial charge in [-0.15, -0.1) is 0 Å². The molecule has 0 aliphatic heterocycles. The number of nitrogens with one attached hydrogen (secondary N) is 1. The molecule has 0 amide bonds. The van der Waals surface area contributed by atoms with Crippen LogP contribution in [-0.4, -0.2) is 11.0 Å². The van der Waals surface area contributed by atoms with E-state index in [0.29, 0.717) is 6.04 Å². The molecule has 2 aromatic rings. The van der Waals surface area contributed by atoms with E-state index in [-0.39, 0.29) is 0 Å². The fourth-order valence-electron chi connectivity index (χ4n) is 1.91. The molecule has 100 valence electrons. The van der Waals surface area contributed by atoms with Crippen molar-refractivity contribution in [3.63, 3.8) is 0 Å². The number of rotatable bonds is 5. The Labute approximate surface area is 127 Å². The lowest BCUT2D eigenvalue weighted by Gasteiger charge is -2.14. The van der Waals surface area contributed by atoms with E-state index in [9.17, 15) is 0 Å². The van der Waals surface area contributed by atoms with E-state index in [1.165, 1.54) is 11.1 Å². The van der Waals surface area contributed by atoms with Crippen LogP contribution in [0.15, 0.2) is 47.2 Å². The number of hydrogen-bond donors (Lipinski definition) is 1. The summed E-state index contributed by atoms with van der Waals surface area (Å²) < 4.78 is 1.01. The molecule has 0 radical (unpaired) electrons. The summed E-state index contributed by atoms with van der Waals surface area (Å²) in [7, 11) is 0. The Morgan fingerprint density at radius 3 is 2.84 bits per heavy atom. The van der Waals surface area contributed by atoms with E-state index in [2.05, 4.69) is 45.3 Å². The Hall–Kier alpha value is -0.900. The van der Waals surface area contributed by atoms with Crippen LogP contribution < -0.4 is 5.32 Å². The van der Waals surface area contributed by atoms with Gasteiger partial charge >= 0.3 is 0 Å². The predicted molar refractivity (Wildman–Crippen MR) is 83.4 cm³/mol. The lowest BCUT2D eigenvalue weighted by Crippen LogP contribution is -2.27. The first-order valence-electron chi connectivity index (χ1n) is 6.21. The van der Waals surface area contributed by atoms with Crippen molar-refractivity contribution in [2.24, 2.45) is 0 Å². The van der Waals surface area contributed by atoms with Crippen LogP contribution in [0.2, 0.25) is 5.02 Å². The van der Waals surface area contributed by atoms with Gasteiger partial charge in [-0.3, -0.25) is 4.98 Å². The highest BCUT2D eigenvalue weighted by Crippen LogP contribution is 2.17. The monoisotopic (exact) mass is 338 g/mol. The molecule has 1 aromatic carbocycles. The van der Waals surface area contributed by atoms with Crippen LogP contribution in [-0.2, 0) is 13.0 Å². The SMILES string of the molecule is CC(Cc1ccccc1Cl)NCc1cncc(Br)c1. The smallest absolute Gasteiger partial charge is 0.0438 e. The minimum absolute atomic E-state index is 0.360. The lowest BCUT2D eigenvalue weighted by molar-refractivity contribution is 0.545. The number of pyridine rings is 1. The fraction of sp³-hybridized carbons (Fsp3) is 0.267. The average molecular weight is 340 g/mol. The lowest BCUT2D eigenvalue weighted by atomic mass is 10.1. The molecule has 1 atom stereocenters. The highest BCUT2D eigenvalue weighted by Gasteiger charge is 2.06. The van der Waals surface area contributed by atoms with Crippen molar-refractivity contribution in [3.05, 3.63) is 63.3 Å². The van der Waals surface area contributed by atoms with Gasteiger partial charge in [0.1, 0.15) is 0 Å². The largest absolute Gasteiger partial charge is 0.310 e. The number of nitrogens with zero attached hydrogens (tertiary/aromatic N) is 1. The molecule has 1 aromatic heterocycles. The van der Waals surface area contributed by atoms with Gasteiger partial charge in [-0.2, -0.15) is 0 Å². The van der Waals surface area contributed by atoms with E-state index in [4.69, 9.17) is 11.6 Å². The van der Waals surface area contributed by atoms with Crippen LogP contribution in [0.1, 0.15) is 18.1 Å². The third-order valence-electron chi connectivity index (χ3n) is 2.90. The summed E-state index contributed by atoms with van der Waals surface area (Å²) in [6.45, 7) is 2.97. The summed E-state index contributed by atoms with van der Waals surface area (Å²) in [6, 6.07) is 10.4. The van der Waals surface area contributed by atoms with Gasteiger partial charge < -0.3 is 5.32 Å². The zero-order chi connectivity index (χ0) is 13.7. The van der Waals surface area contributed by atoms with Gasteiger partial charge in [0.25, 0.3) is 0 Å². The molecule has 0 spiro atoms. The molecular formula is C15H16BrClN2. The third kappa shape index (κ3) is 4.60. The maximum atomic E-state index is 6.16. The average Bonchev–Trinajstić information content (AvgIpc) is 2.39. The Bertz CT molecular complexity index is 545. The first kappa shape index (κ1) is 14.5. The summed E-state index contributed by atoms with van der Waals surface area (Å²) in [5.74, 6) is 0. The molecule has 19 heavy (non-hydrogen) atoms. The molecule has 0 saturated heterocycles. The second kappa shape index (κ2) is 7.04. The number of aromatic nitrogens is 1. The van der Waals surface area contributed by atoms with Crippen molar-refractivity contribution in [3.8, 4) is 0 Å². The molecule has 1 N–H and O–H groups in total. The van der Waals surface area contributed by atoms with Crippen molar-refractivity contribution in [2.75, 3.05) is 0 Å². The van der Waals surface area contributed by atoms with Crippen LogP contribution in [0.5, 0.6) is 0 Å². The summed E-state index contributed by atoms with van der Waals surface area (Å²) >= 11 is 9.59. The molecule has 1 heterocycles. The predicted octanol–water partition coefficient (Wildman–Crippen LogP) is 4.22. The topological polar surface area (TPSA) is 24.9 Å². The van der Waals surface area contributed by atoms with Crippen molar-refractivity contribution >= 4 is 27.5 Å². The Balaban J connectivity index is 1.88. The summed E-state index contributed by atoms with van der Waals surface area (Å²) in [5.41, 5.74) is 2.34. The maximum absolute atomic E-state index is 6.16. The van der Waals surface area contributed by atoms with Gasteiger partial charge in [0.2, 0.25) is 0 Å². The van der Waals surface area contributed by atoms with E-state index >= 15 is 0 Å². The van der Waals surface area contributed by atoms with Gasteiger partial charge in [0, 0.05) is 34.5 Å². The van der Waals surface area contributed by atoms with E-state index < -0.39 is 0 Å². The minimum Gasteiger partial charge on any atom is -0.310 e. The van der Waals surface area contributed by atoms with Gasteiger partial charge in [-0.05, 0) is 52.5 Å². The van der Waals surface area contributed by atoms with E-state index in [0.717, 1.165) is 22.5 Å². The van der Waals surface area contributed by atoms with Crippen molar-refractivity contribution in [1.29, 1.82) is 0 Å². The zero-order valence-corrected chi connectivity index (χ0v) is 13.1. The number of halogens is 2. The van der Waals surface area contributed by atoms with E-state index in [1.54, 1.807) is 6.20 Å². The molecule has 0 aliphatic carbocycles.